The molecule has 0 fully saturated rings. The molecule has 3 nitrogen and oxygen atoms in total. The van der Waals surface area contributed by atoms with Crippen LogP contribution in [0.1, 0.15) is 44.1 Å². The van der Waals surface area contributed by atoms with Crippen LogP contribution >= 0.6 is 0 Å². The maximum atomic E-state index is 11.7. The van der Waals surface area contributed by atoms with Gasteiger partial charge in [-0.1, -0.05) is 39.0 Å². The maximum absolute atomic E-state index is 11.7. The summed E-state index contributed by atoms with van der Waals surface area (Å²) in [5, 5.41) is 1.06. The first kappa shape index (κ1) is 12.8. The van der Waals surface area contributed by atoms with Gasteiger partial charge in [0.25, 0.3) is 0 Å². The number of nitrogens with zero attached hydrogens (tertiary/aromatic N) is 1. The predicted molar refractivity (Wildman–Crippen MR) is 74.6 cm³/mol. The van der Waals surface area contributed by atoms with Gasteiger partial charge in [0.15, 0.2) is 0 Å². The van der Waals surface area contributed by atoms with E-state index in [2.05, 4.69) is 20.8 Å². The van der Waals surface area contributed by atoms with Crippen LogP contribution in [0.2, 0.25) is 0 Å². The number of hydrogen-bond donors (Lipinski definition) is 1. The van der Waals surface area contributed by atoms with Gasteiger partial charge < -0.3 is 5.73 Å². The molecule has 0 aliphatic heterocycles. The van der Waals surface area contributed by atoms with Crippen LogP contribution < -0.4 is 5.73 Å². The average molecular weight is 244 g/mol. The molecule has 0 amide bonds. The third kappa shape index (κ3) is 2.06. The minimum Gasteiger partial charge on any atom is -0.323 e. The highest BCUT2D eigenvalue weighted by Crippen LogP contribution is 2.35. The maximum Gasteiger partial charge on any atom is 0.227 e. The molecular formula is C15H20N2O. The van der Waals surface area contributed by atoms with Crippen molar-refractivity contribution in [3.63, 3.8) is 0 Å². The molecule has 0 saturated heterocycles. The standard InChI is InChI=1S/C15H20N2O/c1-10(18)17-9-12(14(16)15(2,3)4)11-7-5-6-8-13(11)17/h5-9,14H,16H2,1-4H3/t14-/m0/s1. The smallest absolute Gasteiger partial charge is 0.227 e. The molecule has 0 saturated carbocycles. The number of carbonyl (C=O) groups excluding carboxylic acids is 1. The van der Waals surface area contributed by atoms with Gasteiger partial charge in [0, 0.05) is 24.5 Å². The van der Waals surface area contributed by atoms with Crippen molar-refractivity contribution < 1.29 is 4.79 Å². The molecule has 96 valence electrons. The largest absolute Gasteiger partial charge is 0.323 e. The van der Waals surface area contributed by atoms with Gasteiger partial charge in [-0.3, -0.25) is 9.36 Å². The molecule has 0 spiro atoms. The molecule has 3 heteroatoms. The van der Waals surface area contributed by atoms with E-state index in [1.165, 1.54) is 0 Å². The summed E-state index contributed by atoms with van der Waals surface area (Å²) in [7, 11) is 0. The highest BCUT2D eigenvalue weighted by molar-refractivity contribution is 5.93. The molecule has 2 rings (SSSR count). The number of carbonyl (C=O) groups is 1. The lowest BCUT2D eigenvalue weighted by Gasteiger charge is -2.26. The minimum absolute atomic E-state index is 0.0126. The Kier molecular flexibility index (Phi) is 3.03. The minimum atomic E-state index is -0.0944. The molecule has 2 aromatic rings. The Morgan fingerprint density at radius 1 is 1.28 bits per heavy atom. The van der Waals surface area contributed by atoms with Crippen molar-refractivity contribution in [2.24, 2.45) is 11.1 Å². The number of fused-ring (bicyclic) bond motifs is 1. The summed E-state index contributed by atoms with van der Waals surface area (Å²) in [6.07, 6.45) is 1.88. The normalized spacial score (nSPS) is 13.8. The first-order chi connectivity index (χ1) is 8.32. The number of benzene rings is 1. The average Bonchev–Trinajstić information content (AvgIpc) is 2.66. The third-order valence-corrected chi connectivity index (χ3v) is 3.35. The predicted octanol–water partition coefficient (Wildman–Crippen LogP) is 3.35. The second kappa shape index (κ2) is 4.25. The van der Waals surface area contributed by atoms with E-state index in [0.717, 1.165) is 16.5 Å². The van der Waals surface area contributed by atoms with E-state index >= 15 is 0 Å². The number of rotatable bonds is 1. The van der Waals surface area contributed by atoms with Gasteiger partial charge in [-0.05, 0) is 17.0 Å². The topological polar surface area (TPSA) is 48.0 Å². The zero-order valence-electron chi connectivity index (χ0n) is 11.4. The molecule has 0 radical (unpaired) electrons. The van der Waals surface area contributed by atoms with Crippen molar-refractivity contribution in [1.29, 1.82) is 0 Å². The Morgan fingerprint density at radius 2 is 1.89 bits per heavy atom. The number of nitrogens with two attached hydrogens (primary N) is 1. The summed E-state index contributed by atoms with van der Waals surface area (Å²) in [6.45, 7) is 7.89. The molecule has 0 bridgehead atoms. The molecule has 2 N–H and O–H groups in total. The lowest BCUT2D eigenvalue weighted by atomic mass is 9.83. The van der Waals surface area contributed by atoms with Crippen molar-refractivity contribution in [1.82, 2.24) is 4.57 Å². The van der Waals surface area contributed by atoms with Gasteiger partial charge in [-0.2, -0.15) is 0 Å². The zero-order valence-corrected chi connectivity index (χ0v) is 11.4. The zero-order chi connectivity index (χ0) is 13.5. The second-order valence-corrected chi connectivity index (χ2v) is 5.83. The SMILES string of the molecule is CC(=O)n1cc([C@H](N)C(C)(C)C)c2ccccc21. The van der Waals surface area contributed by atoms with E-state index in [9.17, 15) is 4.79 Å². The van der Waals surface area contributed by atoms with Crippen LogP contribution in [0.5, 0.6) is 0 Å². The molecule has 1 heterocycles. The molecule has 0 aliphatic rings. The highest BCUT2D eigenvalue weighted by atomic mass is 16.1. The first-order valence-electron chi connectivity index (χ1n) is 6.19. The van der Waals surface area contributed by atoms with Crippen molar-refractivity contribution in [3.05, 3.63) is 36.0 Å². The van der Waals surface area contributed by atoms with Gasteiger partial charge >= 0.3 is 0 Å². The highest BCUT2D eigenvalue weighted by Gasteiger charge is 2.26. The summed E-state index contributed by atoms with van der Waals surface area (Å²) in [5.41, 5.74) is 8.26. The molecule has 0 unspecified atom stereocenters. The van der Waals surface area contributed by atoms with E-state index < -0.39 is 0 Å². The molecular weight excluding hydrogens is 224 g/mol. The first-order valence-corrected chi connectivity index (χ1v) is 6.19. The number of para-hydroxylation sites is 1. The molecule has 1 aromatic carbocycles. The van der Waals surface area contributed by atoms with Crippen LogP contribution in [0.4, 0.5) is 0 Å². The number of aromatic nitrogens is 1. The van der Waals surface area contributed by atoms with E-state index in [0.29, 0.717) is 0 Å². The number of hydrogen-bond acceptors (Lipinski definition) is 2. The van der Waals surface area contributed by atoms with Crippen molar-refractivity contribution in [3.8, 4) is 0 Å². The summed E-state index contributed by atoms with van der Waals surface area (Å²) in [4.78, 5) is 11.7. The summed E-state index contributed by atoms with van der Waals surface area (Å²) in [6, 6.07) is 7.80. The Hall–Kier alpha value is -1.61. The summed E-state index contributed by atoms with van der Waals surface area (Å²) in [5.74, 6) is 0.0126. The van der Waals surface area contributed by atoms with Crippen LogP contribution in [0, 0.1) is 5.41 Å². The second-order valence-electron chi connectivity index (χ2n) is 5.83. The van der Waals surface area contributed by atoms with Gasteiger partial charge in [-0.25, -0.2) is 0 Å². The van der Waals surface area contributed by atoms with Crippen LogP contribution in [-0.2, 0) is 0 Å². The fourth-order valence-corrected chi connectivity index (χ4v) is 2.18. The monoisotopic (exact) mass is 244 g/mol. The van der Waals surface area contributed by atoms with E-state index in [1.807, 2.05) is 30.5 Å². The van der Waals surface area contributed by atoms with Crippen LogP contribution in [0.3, 0.4) is 0 Å². The van der Waals surface area contributed by atoms with Gasteiger partial charge in [0.2, 0.25) is 5.91 Å². The summed E-state index contributed by atoms with van der Waals surface area (Å²) >= 11 is 0. The Bertz CT molecular complexity index is 590. The molecule has 1 atom stereocenters. The fourth-order valence-electron chi connectivity index (χ4n) is 2.18. The van der Waals surface area contributed by atoms with Gasteiger partial charge in [0.1, 0.15) is 0 Å². The van der Waals surface area contributed by atoms with E-state index in [4.69, 9.17) is 5.73 Å². The third-order valence-electron chi connectivity index (χ3n) is 3.35. The molecule has 18 heavy (non-hydrogen) atoms. The molecule has 0 aliphatic carbocycles. The van der Waals surface area contributed by atoms with Gasteiger partial charge in [0.05, 0.1) is 5.52 Å². The van der Waals surface area contributed by atoms with Gasteiger partial charge in [-0.15, -0.1) is 0 Å². The van der Waals surface area contributed by atoms with Crippen molar-refractivity contribution >= 4 is 16.8 Å². The lowest BCUT2D eigenvalue weighted by Crippen LogP contribution is -2.26. The van der Waals surface area contributed by atoms with E-state index in [1.54, 1.807) is 11.5 Å². The fraction of sp³-hybridized carbons (Fsp3) is 0.400. The lowest BCUT2D eigenvalue weighted by molar-refractivity contribution is 0.0941. The summed E-state index contributed by atoms with van der Waals surface area (Å²) < 4.78 is 1.68. The quantitative estimate of drug-likeness (QED) is 0.836. The molecule has 1 aromatic heterocycles. The Labute approximate surface area is 108 Å². The van der Waals surface area contributed by atoms with Crippen molar-refractivity contribution in [2.45, 2.75) is 33.7 Å². The van der Waals surface area contributed by atoms with E-state index in [-0.39, 0.29) is 17.4 Å². The Balaban J connectivity index is 2.69. The van der Waals surface area contributed by atoms with Crippen LogP contribution in [-0.4, -0.2) is 10.5 Å². The van der Waals surface area contributed by atoms with Crippen LogP contribution in [0.15, 0.2) is 30.5 Å². The van der Waals surface area contributed by atoms with Crippen LogP contribution in [0.25, 0.3) is 10.9 Å². The Morgan fingerprint density at radius 3 is 2.44 bits per heavy atom. The van der Waals surface area contributed by atoms with Crippen molar-refractivity contribution in [2.75, 3.05) is 0 Å².